The van der Waals surface area contributed by atoms with Crippen LogP contribution in [0.5, 0.6) is 5.88 Å². The second-order valence-corrected chi connectivity index (χ2v) is 7.77. The van der Waals surface area contributed by atoms with Gasteiger partial charge in [-0.25, -0.2) is 9.97 Å². The first-order valence-corrected chi connectivity index (χ1v) is 9.20. The van der Waals surface area contributed by atoms with Gasteiger partial charge in [-0.15, -0.1) is 0 Å². The molecule has 0 spiro atoms. The summed E-state index contributed by atoms with van der Waals surface area (Å²) in [7, 11) is 0. The second-order valence-electron chi connectivity index (χ2n) is 7.77. The predicted octanol–water partition coefficient (Wildman–Crippen LogP) is 4.00. The molecule has 7 heteroatoms. The van der Waals surface area contributed by atoms with E-state index in [4.69, 9.17) is 4.74 Å². The predicted molar refractivity (Wildman–Crippen MR) is 108 cm³/mol. The van der Waals surface area contributed by atoms with Crippen molar-refractivity contribution in [2.75, 3.05) is 5.32 Å². The molecule has 0 aliphatic carbocycles. The Kier molecular flexibility index (Phi) is 5.44. The molecule has 0 unspecified atom stereocenters. The van der Waals surface area contributed by atoms with Crippen molar-refractivity contribution in [3.8, 4) is 11.7 Å². The standard InChI is InChI=1S/C21H25N5O2/c1-14(2)28-19-10-9-15(13-23-19)20(27)24-18-12-16(21(3,4)5)25-26(18)17-8-6-7-11-22-17/h6-14H,1-5H3,(H,24,27). The van der Waals surface area contributed by atoms with Crippen LogP contribution in [0.1, 0.15) is 50.7 Å². The molecule has 3 aromatic heterocycles. The van der Waals surface area contributed by atoms with Crippen molar-refractivity contribution >= 4 is 11.7 Å². The van der Waals surface area contributed by atoms with Gasteiger partial charge in [0, 0.05) is 29.9 Å². The molecule has 0 aliphatic heterocycles. The van der Waals surface area contributed by atoms with Gasteiger partial charge in [0.2, 0.25) is 5.88 Å². The molecule has 3 rings (SSSR count). The lowest BCUT2D eigenvalue weighted by Gasteiger charge is -2.13. The Labute approximate surface area is 164 Å². The zero-order valence-electron chi connectivity index (χ0n) is 16.8. The summed E-state index contributed by atoms with van der Waals surface area (Å²) in [5, 5.41) is 7.57. The molecule has 28 heavy (non-hydrogen) atoms. The normalized spacial score (nSPS) is 11.5. The van der Waals surface area contributed by atoms with Gasteiger partial charge in [0.25, 0.3) is 5.91 Å². The molecule has 0 atom stereocenters. The minimum absolute atomic E-state index is 0.0238. The lowest BCUT2D eigenvalue weighted by atomic mass is 9.92. The van der Waals surface area contributed by atoms with E-state index in [1.165, 1.54) is 6.20 Å². The molecule has 1 amide bonds. The summed E-state index contributed by atoms with van der Waals surface area (Å²) >= 11 is 0. The molecule has 0 saturated carbocycles. The number of hydrogen-bond donors (Lipinski definition) is 1. The van der Waals surface area contributed by atoms with Crippen molar-refractivity contribution in [3.63, 3.8) is 0 Å². The Hall–Kier alpha value is -3.22. The van der Waals surface area contributed by atoms with Gasteiger partial charge in [-0.1, -0.05) is 26.8 Å². The number of ether oxygens (including phenoxy) is 1. The van der Waals surface area contributed by atoms with Crippen LogP contribution in [0, 0.1) is 0 Å². The smallest absolute Gasteiger partial charge is 0.258 e. The zero-order chi connectivity index (χ0) is 20.3. The fraction of sp³-hybridized carbons (Fsp3) is 0.333. The SMILES string of the molecule is CC(C)Oc1ccc(C(=O)Nc2cc(C(C)(C)C)nn2-c2ccccn2)cn1. The Morgan fingerprint density at radius 1 is 1.14 bits per heavy atom. The van der Waals surface area contributed by atoms with Crippen molar-refractivity contribution in [2.24, 2.45) is 0 Å². The number of carbonyl (C=O) groups is 1. The van der Waals surface area contributed by atoms with E-state index in [1.54, 1.807) is 23.0 Å². The van der Waals surface area contributed by atoms with Crippen LogP contribution >= 0.6 is 0 Å². The lowest BCUT2D eigenvalue weighted by molar-refractivity contribution is 0.102. The molecule has 0 fully saturated rings. The number of anilines is 1. The number of rotatable bonds is 5. The van der Waals surface area contributed by atoms with E-state index >= 15 is 0 Å². The van der Waals surface area contributed by atoms with Gasteiger partial charge in [0.05, 0.1) is 17.4 Å². The number of nitrogens with one attached hydrogen (secondary N) is 1. The fourth-order valence-corrected chi connectivity index (χ4v) is 2.50. The third kappa shape index (κ3) is 4.54. The molecule has 0 bridgehead atoms. The molecule has 3 heterocycles. The van der Waals surface area contributed by atoms with Crippen molar-refractivity contribution in [3.05, 3.63) is 60.0 Å². The van der Waals surface area contributed by atoms with Gasteiger partial charge in [0.15, 0.2) is 5.82 Å². The van der Waals surface area contributed by atoms with Crippen LogP contribution < -0.4 is 10.1 Å². The first-order chi connectivity index (χ1) is 13.2. The van der Waals surface area contributed by atoms with Crippen molar-refractivity contribution in [2.45, 2.75) is 46.1 Å². The van der Waals surface area contributed by atoms with E-state index in [0.29, 0.717) is 23.1 Å². The summed E-state index contributed by atoms with van der Waals surface area (Å²) in [6.45, 7) is 10.1. The van der Waals surface area contributed by atoms with Gasteiger partial charge in [-0.2, -0.15) is 9.78 Å². The number of nitrogens with zero attached hydrogens (tertiary/aromatic N) is 4. The molecule has 7 nitrogen and oxygen atoms in total. The number of aromatic nitrogens is 4. The number of carbonyl (C=O) groups excluding carboxylic acids is 1. The maximum Gasteiger partial charge on any atom is 0.258 e. The van der Waals surface area contributed by atoms with E-state index < -0.39 is 0 Å². The molecule has 146 valence electrons. The van der Waals surface area contributed by atoms with Crippen molar-refractivity contribution in [1.29, 1.82) is 0 Å². The summed E-state index contributed by atoms with van der Waals surface area (Å²) in [6, 6.07) is 10.8. The maximum atomic E-state index is 12.7. The average Bonchev–Trinajstić information content (AvgIpc) is 3.07. The highest BCUT2D eigenvalue weighted by Gasteiger charge is 2.22. The summed E-state index contributed by atoms with van der Waals surface area (Å²) in [6.07, 6.45) is 3.21. The summed E-state index contributed by atoms with van der Waals surface area (Å²) in [5.41, 5.74) is 1.12. The van der Waals surface area contributed by atoms with Crippen molar-refractivity contribution < 1.29 is 9.53 Å². The first-order valence-electron chi connectivity index (χ1n) is 9.20. The minimum atomic E-state index is -0.277. The van der Waals surface area contributed by atoms with Crippen LogP contribution in [-0.4, -0.2) is 31.8 Å². The monoisotopic (exact) mass is 379 g/mol. The quantitative estimate of drug-likeness (QED) is 0.725. The van der Waals surface area contributed by atoms with Gasteiger partial charge >= 0.3 is 0 Å². The Bertz CT molecular complexity index is 941. The molecule has 0 aliphatic rings. The first kappa shape index (κ1) is 19.5. The van der Waals surface area contributed by atoms with Crippen molar-refractivity contribution in [1.82, 2.24) is 19.7 Å². The number of hydrogen-bond acceptors (Lipinski definition) is 5. The second kappa shape index (κ2) is 7.80. The van der Waals surface area contributed by atoms with Gasteiger partial charge in [-0.3, -0.25) is 4.79 Å². The molecule has 3 aromatic rings. The number of pyridine rings is 2. The fourth-order valence-electron chi connectivity index (χ4n) is 2.50. The molecule has 0 saturated heterocycles. The largest absolute Gasteiger partial charge is 0.475 e. The average molecular weight is 379 g/mol. The number of amides is 1. The van der Waals surface area contributed by atoms with Crippen LogP contribution in [0.4, 0.5) is 5.82 Å². The highest BCUT2D eigenvalue weighted by Crippen LogP contribution is 2.26. The van der Waals surface area contributed by atoms with E-state index in [0.717, 1.165) is 5.69 Å². The Morgan fingerprint density at radius 2 is 1.93 bits per heavy atom. The third-order valence-corrected chi connectivity index (χ3v) is 3.94. The van der Waals surface area contributed by atoms with E-state index in [9.17, 15) is 4.79 Å². The molecule has 1 N–H and O–H groups in total. The summed E-state index contributed by atoms with van der Waals surface area (Å²) in [4.78, 5) is 21.3. The van der Waals surface area contributed by atoms with Crippen LogP contribution in [0.3, 0.4) is 0 Å². The van der Waals surface area contributed by atoms with E-state index in [-0.39, 0.29) is 17.4 Å². The summed E-state index contributed by atoms with van der Waals surface area (Å²) in [5.74, 6) is 1.39. The Balaban J connectivity index is 1.88. The summed E-state index contributed by atoms with van der Waals surface area (Å²) < 4.78 is 7.16. The van der Waals surface area contributed by atoms with E-state index in [1.807, 2.05) is 38.1 Å². The zero-order valence-corrected chi connectivity index (χ0v) is 16.8. The van der Waals surface area contributed by atoms with Crippen LogP contribution in [-0.2, 0) is 5.41 Å². The molecular weight excluding hydrogens is 354 g/mol. The van der Waals surface area contributed by atoms with Crippen LogP contribution in [0.2, 0.25) is 0 Å². The molecule has 0 aromatic carbocycles. The minimum Gasteiger partial charge on any atom is -0.475 e. The van der Waals surface area contributed by atoms with Crippen LogP contribution in [0.15, 0.2) is 48.8 Å². The molecular formula is C21H25N5O2. The molecule has 0 radical (unpaired) electrons. The van der Waals surface area contributed by atoms with Gasteiger partial charge in [0.1, 0.15) is 5.82 Å². The topological polar surface area (TPSA) is 81.9 Å². The maximum absolute atomic E-state index is 12.7. The lowest BCUT2D eigenvalue weighted by Crippen LogP contribution is -2.16. The highest BCUT2D eigenvalue weighted by molar-refractivity contribution is 6.03. The third-order valence-electron chi connectivity index (χ3n) is 3.94. The van der Waals surface area contributed by atoms with E-state index in [2.05, 4.69) is 41.2 Å². The van der Waals surface area contributed by atoms with Crippen LogP contribution in [0.25, 0.3) is 5.82 Å². The highest BCUT2D eigenvalue weighted by atomic mass is 16.5. The van der Waals surface area contributed by atoms with Gasteiger partial charge in [-0.05, 0) is 32.0 Å². The van der Waals surface area contributed by atoms with Gasteiger partial charge < -0.3 is 10.1 Å². The Morgan fingerprint density at radius 3 is 2.50 bits per heavy atom.